The topological polar surface area (TPSA) is 42.4 Å². The first-order valence-corrected chi connectivity index (χ1v) is 16.8. The van der Waals surface area contributed by atoms with Crippen LogP contribution in [0.4, 0.5) is 17.1 Å². The second kappa shape index (κ2) is 10.7. The largest absolute Gasteiger partial charge is 0.456 e. The van der Waals surface area contributed by atoms with Crippen LogP contribution in [0.3, 0.4) is 0 Å². The number of thiazole rings is 1. The molecule has 3 heterocycles. The lowest BCUT2D eigenvalue weighted by Crippen LogP contribution is -2.10. The number of benzene rings is 7. The number of para-hydroxylation sites is 2. The third kappa shape index (κ3) is 4.25. The summed E-state index contributed by atoms with van der Waals surface area (Å²) in [7, 11) is 0. The number of anilines is 3. The van der Waals surface area contributed by atoms with E-state index in [0.29, 0.717) is 0 Å². The highest BCUT2D eigenvalue weighted by molar-refractivity contribution is 7.21. The van der Waals surface area contributed by atoms with E-state index in [2.05, 4.69) is 138 Å². The molecule has 10 rings (SSSR count). The number of furan rings is 2. The molecule has 0 spiro atoms. The molecule has 226 valence electrons. The summed E-state index contributed by atoms with van der Waals surface area (Å²) in [6, 6.07) is 54.9. The lowest BCUT2D eigenvalue weighted by molar-refractivity contribution is 0.668. The minimum atomic E-state index is 0.856. The number of rotatable bonds is 5. The summed E-state index contributed by atoms with van der Waals surface area (Å²) in [5.74, 6) is 0. The molecule has 0 saturated carbocycles. The van der Waals surface area contributed by atoms with E-state index in [9.17, 15) is 0 Å². The van der Waals surface area contributed by atoms with Gasteiger partial charge in [0.15, 0.2) is 0 Å². The molecule has 0 unspecified atom stereocenters. The van der Waals surface area contributed by atoms with Crippen LogP contribution < -0.4 is 4.90 Å². The quantitative estimate of drug-likeness (QED) is 0.189. The first kappa shape index (κ1) is 27.0. The Kier molecular flexibility index (Phi) is 6.01. The molecule has 0 aliphatic carbocycles. The predicted octanol–water partition coefficient (Wildman–Crippen LogP) is 12.9. The van der Waals surface area contributed by atoms with E-state index >= 15 is 0 Å². The normalized spacial score (nSPS) is 11.8. The molecule has 4 nitrogen and oxygen atoms in total. The van der Waals surface area contributed by atoms with E-state index in [1.807, 2.05) is 24.3 Å². The van der Waals surface area contributed by atoms with Gasteiger partial charge in [-0.1, -0.05) is 91.0 Å². The third-order valence-corrected chi connectivity index (χ3v) is 10.2. The van der Waals surface area contributed by atoms with Crippen molar-refractivity contribution in [2.75, 3.05) is 4.90 Å². The summed E-state index contributed by atoms with van der Waals surface area (Å²) < 4.78 is 13.7. The van der Waals surface area contributed by atoms with Gasteiger partial charge in [0, 0.05) is 27.7 Å². The van der Waals surface area contributed by atoms with E-state index in [1.54, 1.807) is 11.3 Å². The Labute approximate surface area is 279 Å². The lowest BCUT2D eigenvalue weighted by Gasteiger charge is -2.26. The Bertz CT molecular complexity index is 2780. The molecule has 0 aliphatic rings. The zero-order valence-electron chi connectivity index (χ0n) is 25.6. The molecule has 0 aliphatic heterocycles. The Hall–Kier alpha value is -6.17. The summed E-state index contributed by atoms with van der Waals surface area (Å²) in [4.78, 5) is 7.42. The third-order valence-electron chi connectivity index (χ3n) is 9.11. The van der Waals surface area contributed by atoms with E-state index in [0.717, 1.165) is 92.9 Å². The van der Waals surface area contributed by atoms with Crippen molar-refractivity contribution in [3.8, 4) is 21.7 Å². The molecule has 0 bridgehead atoms. The fraction of sp³-hybridized carbons (Fsp3) is 0. The van der Waals surface area contributed by atoms with Gasteiger partial charge in [-0.25, -0.2) is 4.98 Å². The second-order valence-corrected chi connectivity index (χ2v) is 13.0. The highest BCUT2D eigenvalue weighted by Crippen LogP contribution is 2.44. The minimum absolute atomic E-state index is 0.856. The van der Waals surface area contributed by atoms with Crippen molar-refractivity contribution in [2.24, 2.45) is 0 Å². The maximum atomic E-state index is 6.32. The average molecular weight is 635 g/mol. The highest BCUT2D eigenvalue weighted by Gasteiger charge is 2.20. The molecule has 0 fully saturated rings. The van der Waals surface area contributed by atoms with Gasteiger partial charge in [-0.3, -0.25) is 0 Å². The summed E-state index contributed by atoms with van der Waals surface area (Å²) >= 11 is 1.72. The average Bonchev–Trinajstić information content (AvgIpc) is 3.86. The van der Waals surface area contributed by atoms with Crippen LogP contribution in [0.1, 0.15) is 0 Å². The highest BCUT2D eigenvalue weighted by atomic mass is 32.1. The van der Waals surface area contributed by atoms with Gasteiger partial charge in [0.25, 0.3) is 0 Å². The summed E-state index contributed by atoms with van der Waals surface area (Å²) in [5, 5.41) is 5.36. The molecular formula is C43H26N2O2S. The Balaban J connectivity index is 1.09. The molecule has 0 N–H and O–H groups in total. The van der Waals surface area contributed by atoms with Crippen molar-refractivity contribution in [3.63, 3.8) is 0 Å². The number of hydrogen-bond donors (Lipinski definition) is 0. The summed E-state index contributed by atoms with van der Waals surface area (Å²) in [5.41, 5.74) is 11.1. The van der Waals surface area contributed by atoms with Gasteiger partial charge in [-0.15, -0.1) is 11.3 Å². The van der Waals surface area contributed by atoms with Crippen molar-refractivity contribution in [2.45, 2.75) is 0 Å². The van der Waals surface area contributed by atoms with E-state index in [4.69, 9.17) is 13.8 Å². The van der Waals surface area contributed by atoms with Crippen molar-refractivity contribution in [1.82, 2.24) is 4.98 Å². The molecule has 0 atom stereocenters. The van der Waals surface area contributed by atoms with Crippen LogP contribution in [0.15, 0.2) is 167 Å². The van der Waals surface area contributed by atoms with E-state index in [1.165, 1.54) is 0 Å². The Morgan fingerprint density at radius 3 is 1.94 bits per heavy atom. The number of nitrogens with zero attached hydrogens (tertiary/aromatic N) is 2. The molecule has 0 saturated heterocycles. The lowest BCUT2D eigenvalue weighted by atomic mass is 10.0. The van der Waals surface area contributed by atoms with Crippen molar-refractivity contribution in [3.05, 3.63) is 158 Å². The Morgan fingerprint density at radius 1 is 0.458 bits per heavy atom. The molecule has 48 heavy (non-hydrogen) atoms. The standard InChI is InChI=1S/C43H26N2O2S/c1-3-10-28(11-4-1)43-44-42-39(48-43)25-24-38-41(42)33-26-29(20-23-36(33)47-38)27-18-21-31(22-19-27)45(30-12-5-2-6-13-30)34-15-9-17-37-40(34)32-14-7-8-16-35(32)46-37/h1-26H. The second-order valence-electron chi connectivity index (χ2n) is 11.9. The van der Waals surface area contributed by atoms with Crippen LogP contribution in [-0.2, 0) is 0 Å². The first-order chi connectivity index (χ1) is 23.8. The van der Waals surface area contributed by atoms with Crippen LogP contribution in [0, 0.1) is 0 Å². The number of aromatic nitrogens is 1. The molecule has 0 amide bonds. The zero-order chi connectivity index (χ0) is 31.6. The molecule has 10 aromatic rings. The van der Waals surface area contributed by atoms with Crippen LogP contribution in [0.2, 0.25) is 0 Å². The van der Waals surface area contributed by atoms with Crippen LogP contribution in [0.25, 0.3) is 75.8 Å². The Morgan fingerprint density at radius 2 is 1.10 bits per heavy atom. The van der Waals surface area contributed by atoms with Crippen molar-refractivity contribution >= 4 is 82.5 Å². The van der Waals surface area contributed by atoms with Crippen molar-refractivity contribution in [1.29, 1.82) is 0 Å². The number of fused-ring (bicyclic) bond motifs is 8. The summed E-state index contributed by atoms with van der Waals surface area (Å²) in [6.07, 6.45) is 0. The number of hydrogen-bond acceptors (Lipinski definition) is 5. The van der Waals surface area contributed by atoms with E-state index in [-0.39, 0.29) is 0 Å². The van der Waals surface area contributed by atoms with Gasteiger partial charge in [0.05, 0.1) is 26.7 Å². The smallest absolute Gasteiger partial charge is 0.137 e. The maximum Gasteiger partial charge on any atom is 0.137 e. The van der Waals surface area contributed by atoms with Gasteiger partial charge in [0.1, 0.15) is 27.3 Å². The SMILES string of the molecule is c1ccc(-c2nc3c(ccc4oc5ccc(-c6ccc(N(c7ccccc7)c7cccc8oc9ccccc9c78)cc6)cc5c43)s2)cc1. The van der Waals surface area contributed by atoms with Gasteiger partial charge in [-0.05, 0) is 77.9 Å². The molecule has 5 heteroatoms. The maximum absolute atomic E-state index is 6.32. The van der Waals surface area contributed by atoms with Crippen molar-refractivity contribution < 1.29 is 8.83 Å². The zero-order valence-corrected chi connectivity index (χ0v) is 26.4. The minimum Gasteiger partial charge on any atom is -0.456 e. The molecule has 0 radical (unpaired) electrons. The monoisotopic (exact) mass is 634 g/mol. The molecular weight excluding hydrogens is 609 g/mol. The van der Waals surface area contributed by atoms with Crippen LogP contribution in [0.5, 0.6) is 0 Å². The summed E-state index contributed by atoms with van der Waals surface area (Å²) in [6.45, 7) is 0. The van der Waals surface area contributed by atoms with Gasteiger partial charge in [-0.2, -0.15) is 0 Å². The van der Waals surface area contributed by atoms with Gasteiger partial charge in [0.2, 0.25) is 0 Å². The van der Waals surface area contributed by atoms with Gasteiger partial charge >= 0.3 is 0 Å². The first-order valence-electron chi connectivity index (χ1n) is 16.0. The van der Waals surface area contributed by atoms with Crippen LogP contribution >= 0.6 is 11.3 Å². The van der Waals surface area contributed by atoms with Crippen LogP contribution in [-0.4, -0.2) is 4.98 Å². The predicted molar refractivity (Wildman–Crippen MR) is 200 cm³/mol. The fourth-order valence-corrected chi connectivity index (χ4v) is 7.87. The fourth-order valence-electron chi connectivity index (χ4n) is 6.89. The molecule has 7 aromatic carbocycles. The molecule has 3 aromatic heterocycles. The van der Waals surface area contributed by atoms with E-state index < -0.39 is 0 Å². The van der Waals surface area contributed by atoms with Gasteiger partial charge < -0.3 is 13.7 Å².